The molecule has 2 aromatic rings. The fourth-order valence-electron chi connectivity index (χ4n) is 3.81. The quantitative estimate of drug-likeness (QED) is 0.628. The summed E-state index contributed by atoms with van der Waals surface area (Å²) in [4.78, 5) is 13.4. The van der Waals surface area contributed by atoms with Crippen molar-refractivity contribution in [1.29, 1.82) is 0 Å². The summed E-state index contributed by atoms with van der Waals surface area (Å²) in [6.45, 7) is 3.94. The number of carboxylic acids is 1. The first-order valence-corrected chi connectivity index (χ1v) is 9.87. The van der Waals surface area contributed by atoms with Gasteiger partial charge in [0.1, 0.15) is 0 Å². The number of ether oxygens (including phenoxy) is 1. The molecule has 1 heterocycles. The molecule has 0 bridgehead atoms. The minimum absolute atomic E-state index is 0. The van der Waals surface area contributed by atoms with Crippen LogP contribution in [0.25, 0.3) is 0 Å². The van der Waals surface area contributed by atoms with Gasteiger partial charge in [-0.15, -0.1) is 12.4 Å². The molecular weight excluding hydrogens is 374 g/mol. The number of likely N-dealkylation sites (tertiary alicyclic amines) is 1. The van der Waals surface area contributed by atoms with Gasteiger partial charge in [-0.3, -0.25) is 4.79 Å². The van der Waals surface area contributed by atoms with Crippen molar-refractivity contribution in [2.75, 3.05) is 32.8 Å². The van der Waals surface area contributed by atoms with E-state index in [-0.39, 0.29) is 24.2 Å². The van der Waals surface area contributed by atoms with E-state index in [0.29, 0.717) is 19.8 Å². The van der Waals surface area contributed by atoms with Crippen LogP contribution in [-0.4, -0.2) is 48.8 Å². The maximum absolute atomic E-state index is 11.2. The van der Waals surface area contributed by atoms with E-state index in [1.807, 2.05) is 12.1 Å². The Labute approximate surface area is 173 Å². The molecule has 1 aliphatic heterocycles. The molecule has 0 aromatic heterocycles. The highest BCUT2D eigenvalue weighted by Gasteiger charge is 2.24. The van der Waals surface area contributed by atoms with Gasteiger partial charge in [-0.05, 0) is 36.9 Å². The normalized spacial score (nSPS) is 17.2. The second-order valence-electron chi connectivity index (χ2n) is 7.28. The van der Waals surface area contributed by atoms with Crippen molar-refractivity contribution in [2.45, 2.75) is 25.2 Å². The molecule has 0 spiro atoms. The molecule has 1 N–H and O–H groups in total. The van der Waals surface area contributed by atoms with Gasteiger partial charge in [-0.2, -0.15) is 0 Å². The summed E-state index contributed by atoms with van der Waals surface area (Å²) < 4.78 is 6.03. The van der Waals surface area contributed by atoms with Gasteiger partial charge in [0.2, 0.25) is 0 Å². The second-order valence-corrected chi connectivity index (χ2v) is 7.28. The Bertz CT molecular complexity index is 656. The van der Waals surface area contributed by atoms with E-state index in [0.717, 1.165) is 32.4 Å². The van der Waals surface area contributed by atoms with Crippen LogP contribution in [-0.2, 0) is 9.53 Å². The average Bonchev–Trinajstić information content (AvgIpc) is 2.72. The molecule has 3 rings (SSSR count). The zero-order chi connectivity index (χ0) is 18.9. The SMILES string of the molecule is Cl.O=C(O)[C@@H]1CCCN(CCCOCC(c2ccccc2)c2ccccc2)C1. The Morgan fingerprint density at radius 3 is 2.25 bits per heavy atom. The molecule has 0 saturated carbocycles. The van der Waals surface area contributed by atoms with E-state index in [9.17, 15) is 9.90 Å². The lowest BCUT2D eigenvalue weighted by Crippen LogP contribution is -2.39. The largest absolute Gasteiger partial charge is 0.481 e. The average molecular weight is 404 g/mol. The van der Waals surface area contributed by atoms with Crippen LogP contribution in [0.2, 0.25) is 0 Å². The van der Waals surface area contributed by atoms with Crippen molar-refractivity contribution in [1.82, 2.24) is 4.90 Å². The van der Waals surface area contributed by atoms with Crippen LogP contribution in [0.5, 0.6) is 0 Å². The lowest BCUT2D eigenvalue weighted by atomic mass is 9.92. The fraction of sp³-hybridized carbons (Fsp3) is 0.435. The van der Waals surface area contributed by atoms with E-state index in [4.69, 9.17) is 4.74 Å². The summed E-state index contributed by atoms with van der Waals surface area (Å²) in [5.74, 6) is -0.636. The zero-order valence-corrected chi connectivity index (χ0v) is 17.0. The van der Waals surface area contributed by atoms with Gasteiger partial charge in [-0.1, -0.05) is 60.7 Å². The summed E-state index contributed by atoms with van der Waals surface area (Å²) in [5, 5.41) is 9.19. The Morgan fingerprint density at radius 2 is 1.68 bits per heavy atom. The molecule has 0 radical (unpaired) electrons. The van der Waals surface area contributed by atoms with Crippen LogP contribution in [0.15, 0.2) is 60.7 Å². The summed E-state index contributed by atoms with van der Waals surface area (Å²) in [6.07, 6.45) is 2.71. The van der Waals surface area contributed by atoms with E-state index >= 15 is 0 Å². The molecular formula is C23H30ClNO3. The van der Waals surface area contributed by atoms with Gasteiger partial charge in [-0.25, -0.2) is 0 Å². The van der Waals surface area contributed by atoms with Crippen LogP contribution in [0.3, 0.4) is 0 Å². The van der Waals surface area contributed by atoms with Crippen LogP contribution < -0.4 is 0 Å². The summed E-state index contributed by atoms with van der Waals surface area (Å²) in [5.41, 5.74) is 2.54. The monoisotopic (exact) mass is 403 g/mol. The number of carbonyl (C=O) groups is 1. The maximum Gasteiger partial charge on any atom is 0.307 e. The number of hydrogen-bond donors (Lipinski definition) is 1. The minimum atomic E-state index is -0.662. The number of benzene rings is 2. The summed E-state index contributed by atoms with van der Waals surface area (Å²) in [7, 11) is 0. The lowest BCUT2D eigenvalue weighted by Gasteiger charge is -2.30. The molecule has 4 nitrogen and oxygen atoms in total. The molecule has 0 aliphatic carbocycles. The lowest BCUT2D eigenvalue weighted by molar-refractivity contribution is -0.143. The first-order valence-electron chi connectivity index (χ1n) is 9.87. The number of piperidine rings is 1. The third-order valence-corrected chi connectivity index (χ3v) is 5.31. The minimum Gasteiger partial charge on any atom is -0.481 e. The second kappa shape index (κ2) is 11.8. The number of halogens is 1. The summed E-state index contributed by atoms with van der Waals surface area (Å²) >= 11 is 0. The van der Waals surface area contributed by atoms with Crippen molar-refractivity contribution in [2.24, 2.45) is 5.92 Å². The van der Waals surface area contributed by atoms with E-state index in [1.54, 1.807) is 0 Å². The standard InChI is InChI=1S/C23H29NO3.ClH/c25-23(26)21-13-7-14-24(17-21)15-8-16-27-18-22(19-9-3-1-4-10-19)20-11-5-2-6-12-20;/h1-6,9-12,21-22H,7-8,13-18H2,(H,25,26);1H/t21-;/m1./s1. The Kier molecular flexibility index (Phi) is 9.48. The highest BCUT2D eigenvalue weighted by molar-refractivity contribution is 5.85. The molecule has 152 valence electrons. The smallest absolute Gasteiger partial charge is 0.307 e. The topological polar surface area (TPSA) is 49.8 Å². The van der Waals surface area contributed by atoms with Crippen LogP contribution in [0.4, 0.5) is 0 Å². The van der Waals surface area contributed by atoms with Crippen LogP contribution >= 0.6 is 12.4 Å². The maximum atomic E-state index is 11.2. The molecule has 28 heavy (non-hydrogen) atoms. The predicted octanol–water partition coefficient (Wildman–Crippen LogP) is 4.44. The molecule has 1 saturated heterocycles. The number of carboxylic acid groups (broad SMARTS) is 1. The third-order valence-electron chi connectivity index (χ3n) is 5.31. The molecule has 5 heteroatoms. The number of rotatable bonds is 9. The highest BCUT2D eigenvalue weighted by atomic mass is 35.5. The van der Waals surface area contributed by atoms with Crippen molar-refractivity contribution in [3.05, 3.63) is 71.8 Å². The highest BCUT2D eigenvalue weighted by Crippen LogP contribution is 2.25. The first kappa shape index (κ1) is 22.4. The molecule has 0 amide bonds. The zero-order valence-electron chi connectivity index (χ0n) is 16.2. The van der Waals surface area contributed by atoms with Crippen LogP contribution in [0, 0.1) is 5.92 Å². The molecule has 1 fully saturated rings. The van der Waals surface area contributed by atoms with Crippen molar-refractivity contribution < 1.29 is 14.6 Å². The predicted molar refractivity (Wildman–Crippen MR) is 114 cm³/mol. The number of nitrogens with zero attached hydrogens (tertiary/aromatic N) is 1. The van der Waals surface area contributed by atoms with Gasteiger partial charge in [0.05, 0.1) is 12.5 Å². The molecule has 0 unspecified atom stereocenters. The van der Waals surface area contributed by atoms with E-state index in [1.165, 1.54) is 11.1 Å². The van der Waals surface area contributed by atoms with Gasteiger partial charge in [0.15, 0.2) is 0 Å². The van der Waals surface area contributed by atoms with E-state index in [2.05, 4.69) is 53.4 Å². The van der Waals surface area contributed by atoms with Gasteiger partial charge >= 0.3 is 5.97 Å². The number of aliphatic carboxylic acids is 1. The first-order chi connectivity index (χ1) is 13.2. The third kappa shape index (κ3) is 6.62. The Morgan fingerprint density at radius 1 is 1.07 bits per heavy atom. The molecule has 1 aliphatic rings. The van der Waals surface area contributed by atoms with Crippen molar-refractivity contribution in [3.63, 3.8) is 0 Å². The van der Waals surface area contributed by atoms with Crippen LogP contribution in [0.1, 0.15) is 36.3 Å². The Hall–Kier alpha value is -1.88. The molecule has 2 aromatic carbocycles. The molecule has 1 atom stereocenters. The fourth-order valence-corrected chi connectivity index (χ4v) is 3.81. The Balaban J connectivity index is 0.00000280. The van der Waals surface area contributed by atoms with Crippen molar-refractivity contribution in [3.8, 4) is 0 Å². The van der Waals surface area contributed by atoms with Gasteiger partial charge in [0, 0.05) is 25.6 Å². The van der Waals surface area contributed by atoms with E-state index < -0.39 is 5.97 Å². The van der Waals surface area contributed by atoms with Gasteiger partial charge in [0.25, 0.3) is 0 Å². The summed E-state index contributed by atoms with van der Waals surface area (Å²) in [6, 6.07) is 21.0. The van der Waals surface area contributed by atoms with Crippen molar-refractivity contribution >= 4 is 18.4 Å². The number of hydrogen-bond acceptors (Lipinski definition) is 3. The van der Waals surface area contributed by atoms with Gasteiger partial charge < -0.3 is 14.7 Å².